The maximum Gasteiger partial charge on any atom is 0.223 e. The Kier molecular flexibility index (Phi) is 5.97. The quantitative estimate of drug-likeness (QED) is 0.858. The van der Waals surface area contributed by atoms with Gasteiger partial charge in [-0.05, 0) is 36.5 Å². The van der Waals surface area contributed by atoms with Crippen molar-refractivity contribution in [3.63, 3.8) is 0 Å². The number of carbonyl (C=O) groups is 1. The van der Waals surface area contributed by atoms with Gasteiger partial charge in [-0.15, -0.1) is 0 Å². The van der Waals surface area contributed by atoms with Crippen LogP contribution in [0.3, 0.4) is 0 Å². The van der Waals surface area contributed by atoms with Crippen LogP contribution in [0.4, 0.5) is 0 Å². The molecule has 144 valence electrons. The van der Waals surface area contributed by atoms with Gasteiger partial charge in [0.1, 0.15) is 0 Å². The van der Waals surface area contributed by atoms with Crippen molar-refractivity contribution in [1.29, 1.82) is 0 Å². The van der Waals surface area contributed by atoms with E-state index in [1.54, 1.807) is 0 Å². The van der Waals surface area contributed by atoms with Crippen LogP contribution < -0.4 is 5.32 Å². The smallest absolute Gasteiger partial charge is 0.223 e. The van der Waals surface area contributed by atoms with E-state index in [0.717, 1.165) is 11.1 Å². The van der Waals surface area contributed by atoms with Gasteiger partial charge in [0.2, 0.25) is 15.9 Å². The molecule has 0 spiro atoms. The maximum atomic E-state index is 12.5. The predicted octanol–water partition coefficient (Wildman–Crippen LogP) is 3.20. The first-order valence-corrected chi connectivity index (χ1v) is 11.1. The number of hydrogen-bond acceptors (Lipinski definition) is 3. The van der Waals surface area contributed by atoms with Gasteiger partial charge in [0.25, 0.3) is 0 Å². The van der Waals surface area contributed by atoms with E-state index in [2.05, 4.69) is 29.6 Å². The molecule has 1 atom stereocenters. The van der Waals surface area contributed by atoms with Crippen molar-refractivity contribution in [1.82, 2.24) is 9.62 Å². The zero-order valence-corrected chi connectivity index (χ0v) is 16.6. The first-order chi connectivity index (χ1) is 12.8. The average molecular weight is 387 g/mol. The predicted molar refractivity (Wildman–Crippen MR) is 108 cm³/mol. The molecule has 0 bridgehead atoms. The lowest BCUT2D eigenvalue weighted by atomic mass is 9.96. The molecule has 1 fully saturated rings. The summed E-state index contributed by atoms with van der Waals surface area (Å²) in [5.74, 6) is -0.128. The van der Waals surface area contributed by atoms with Crippen molar-refractivity contribution in [3.05, 3.63) is 60.2 Å². The van der Waals surface area contributed by atoms with E-state index < -0.39 is 10.0 Å². The Morgan fingerprint density at radius 3 is 2.11 bits per heavy atom. The summed E-state index contributed by atoms with van der Waals surface area (Å²) in [6.07, 6.45) is 2.35. The number of piperidine rings is 1. The number of nitrogens with zero attached hydrogens (tertiary/aromatic N) is 1. The lowest BCUT2D eigenvalue weighted by Crippen LogP contribution is -2.43. The van der Waals surface area contributed by atoms with Gasteiger partial charge in [-0.3, -0.25) is 4.79 Å². The molecule has 1 aliphatic rings. The minimum atomic E-state index is -3.17. The number of carbonyl (C=O) groups excluding carboxylic acids is 1. The minimum absolute atomic E-state index is 0.00258. The van der Waals surface area contributed by atoms with Crippen LogP contribution in [0.1, 0.15) is 31.4 Å². The fourth-order valence-electron chi connectivity index (χ4n) is 3.46. The molecule has 1 saturated heterocycles. The lowest BCUT2D eigenvalue weighted by molar-refractivity contribution is -0.126. The van der Waals surface area contributed by atoms with Crippen LogP contribution in [0, 0.1) is 5.92 Å². The molecular formula is C21H26N2O3S. The molecular weight excluding hydrogens is 360 g/mol. The van der Waals surface area contributed by atoms with E-state index in [-0.39, 0.29) is 17.9 Å². The normalized spacial score (nSPS) is 17.4. The van der Waals surface area contributed by atoms with Gasteiger partial charge in [-0.25, -0.2) is 12.7 Å². The van der Waals surface area contributed by atoms with E-state index >= 15 is 0 Å². The number of hydrogen-bond donors (Lipinski definition) is 1. The molecule has 0 aliphatic carbocycles. The molecule has 1 aliphatic heterocycles. The van der Waals surface area contributed by atoms with Gasteiger partial charge in [-0.1, -0.05) is 54.6 Å². The van der Waals surface area contributed by atoms with E-state index in [9.17, 15) is 13.2 Å². The van der Waals surface area contributed by atoms with Crippen molar-refractivity contribution in [2.24, 2.45) is 5.92 Å². The Labute approximate surface area is 161 Å². The van der Waals surface area contributed by atoms with Crippen LogP contribution in [0.5, 0.6) is 0 Å². The largest absolute Gasteiger partial charge is 0.349 e. The Morgan fingerprint density at radius 2 is 1.56 bits per heavy atom. The number of nitrogens with one attached hydrogen (secondary N) is 1. The van der Waals surface area contributed by atoms with E-state index in [1.165, 1.54) is 16.1 Å². The third kappa shape index (κ3) is 4.96. The molecule has 5 nitrogen and oxygen atoms in total. The molecule has 1 unspecified atom stereocenters. The molecule has 0 radical (unpaired) electrons. The van der Waals surface area contributed by atoms with Gasteiger partial charge in [-0.2, -0.15) is 0 Å². The fraction of sp³-hybridized carbons (Fsp3) is 0.381. The van der Waals surface area contributed by atoms with Crippen LogP contribution in [-0.4, -0.2) is 38.0 Å². The van der Waals surface area contributed by atoms with Crippen molar-refractivity contribution < 1.29 is 13.2 Å². The van der Waals surface area contributed by atoms with E-state index in [0.29, 0.717) is 25.9 Å². The molecule has 0 aromatic heterocycles. The number of rotatable bonds is 5. The van der Waals surface area contributed by atoms with Gasteiger partial charge in [0.05, 0.1) is 12.3 Å². The van der Waals surface area contributed by atoms with Crippen LogP contribution >= 0.6 is 0 Å². The summed E-state index contributed by atoms with van der Waals surface area (Å²) in [4.78, 5) is 12.5. The van der Waals surface area contributed by atoms with E-state index in [1.807, 2.05) is 37.3 Å². The highest BCUT2D eigenvalue weighted by Gasteiger charge is 2.29. The zero-order valence-electron chi connectivity index (χ0n) is 15.8. The second-order valence-corrected chi connectivity index (χ2v) is 9.14. The average Bonchev–Trinajstić information content (AvgIpc) is 2.68. The summed E-state index contributed by atoms with van der Waals surface area (Å²) in [5.41, 5.74) is 3.36. The maximum absolute atomic E-state index is 12.5. The molecule has 1 N–H and O–H groups in total. The monoisotopic (exact) mass is 386 g/mol. The molecule has 2 aromatic carbocycles. The van der Waals surface area contributed by atoms with Gasteiger partial charge >= 0.3 is 0 Å². The second-order valence-electron chi connectivity index (χ2n) is 7.15. The molecule has 6 heteroatoms. The summed E-state index contributed by atoms with van der Waals surface area (Å²) in [6, 6.07) is 18.3. The molecule has 1 amide bonds. The highest BCUT2D eigenvalue weighted by Crippen LogP contribution is 2.23. The molecule has 27 heavy (non-hydrogen) atoms. The zero-order chi connectivity index (χ0) is 19.4. The highest BCUT2D eigenvalue weighted by molar-refractivity contribution is 7.88. The van der Waals surface area contributed by atoms with Gasteiger partial charge in [0.15, 0.2) is 0 Å². The topological polar surface area (TPSA) is 66.5 Å². The van der Waals surface area contributed by atoms with Crippen molar-refractivity contribution in [3.8, 4) is 11.1 Å². The van der Waals surface area contributed by atoms with Crippen molar-refractivity contribution >= 4 is 15.9 Å². The van der Waals surface area contributed by atoms with Crippen LogP contribution in [0.15, 0.2) is 54.6 Å². The molecule has 3 rings (SSSR count). The minimum Gasteiger partial charge on any atom is -0.349 e. The Bertz CT molecular complexity index is 871. The first-order valence-electron chi connectivity index (χ1n) is 9.25. The second kappa shape index (κ2) is 8.23. The summed E-state index contributed by atoms with van der Waals surface area (Å²) < 4.78 is 24.6. The first kappa shape index (κ1) is 19.6. The molecule has 1 heterocycles. The standard InChI is InChI=1S/C21H26N2O3S/c1-16(17-8-10-19(11-9-17)18-6-4-3-5-7-18)22-21(24)20-12-14-23(15-13-20)27(2,25)26/h3-11,16,20H,12-15H2,1-2H3,(H,22,24). The third-order valence-corrected chi connectivity index (χ3v) is 6.47. The van der Waals surface area contributed by atoms with Crippen LogP contribution in [0.2, 0.25) is 0 Å². The van der Waals surface area contributed by atoms with Gasteiger partial charge < -0.3 is 5.32 Å². The molecule has 2 aromatic rings. The Hall–Kier alpha value is -2.18. The Balaban J connectivity index is 1.57. The molecule has 0 saturated carbocycles. The number of amides is 1. The van der Waals surface area contributed by atoms with Crippen molar-refractivity contribution in [2.75, 3.05) is 19.3 Å². The summed E-state index contributed by atoms with van der Waals surface area (Å²) in [6.45, 7) is 2.80. The fourth-order valence-corrected chi connectivity index (χ4v) is 4.33. The number of sulfonamides is 1. The Morgan fingerprint density at radius 1 is 1.00 bits per heavy atom. The van der Waals surface area contributed by atoms with E-state index in [4.69, 9.17) is 0 Å². The van der Waals surface area contributed by atoms with Gasteiger partial charge in [0, 0.05) is 19.0 Å². The van der Waals surface area contributed by atoms with Crippen LogP contribution in [-0.2, 0) is 14.8 Å². The third-order valence-electron chi connectivity index (χ3n) is 5.17. The number of benzene rings is 2. The summed E-state index contributed by atoms with van der Waals surface area (Å²) in [5, 5.41) is 3.07. The SMILES string of the molecule is CC(NC(=O)C1CCN(S(C)(=O)=O)CC1)c1ccc(-c2ccccc2)cc1. The lowest BCUT2D eigenvalue weighted by Gasteiger charge is -2.30. The summed E-state index contributed by atoms with van der Waals surface area (Å²) in [7, 11) is -3.17. The highest BCUT2D eigenvalue weighted by atomic mass is 32.2. The van der Waals surface area contributed by atoms with Crippen LogP contribution in [0.25, 0.3) is 11.1 Å². The van der Waals surface area contributed by atoms with Crippen molar-refractivity contribution in [2.45, 2.75) is 25.8 Å². The summed E-state index contributed by atoms with van der Waals surface area (Å²) >= 11 is 0.